The topological polar surface area (TPSA) is 119 Å². The van der Waals surface area contributed by atoms with Gasteiger partial charge in [-0.3, -0.25) is 9.59 Å². The largest absolute Gasteiger partial charge is 0.507 e. The van der Waals surface area contributed by atoms with Gasteiger partial charge in [0.2, 0.25) is 23.3 Å². The predicted octanol–water partition coefficient (Wildman–Crippen LogP) is 2.33. The number of aromatic nitrogens is 2. The Labute approximate surface area is 206 Å². The summed E-state index contributed by atoms with van der Waals surface area (Å²) in [5.41, 5.74) is 0.659. The number of phenols is 2. The molecule has 0 amide bonds. The van der Waals surface area contributed by atoms with Gasteiger partial charge in [0.05, 0.1) is 35.8 Å². The van der Waals surface area contributed by atoms with Crippen molar-refractivity contribution in [2.75, 3.05) is 43.0 Å². The van der Waals surface area contributed by atoms with Crippen LogP contribution >= 0.6 is 0 Å². The number of benzene rings is 2. The number of nitrogens with zero attached hydrogens (tertiary/aromatic N) is 5. The van der Waals surface area contributed by atoms with E-state index in [9.17, 15) is 19.8 Å². The van der Waals surface area contributed by atoms with Gasteiger partial charge >= 0.3 is 0 Å². The first-order chi connectivity index (χ1) is 17.4. The summed E-state index contributed by atoms with van der Waals surface area (Å²) < 4.78 is 6.00. The summed E-state index contributed by atoms with van der Waals surface area (Å²) in [6.45, 7) is 3.65. The first-order valence-electron chi connectivity index (χ1n) is 11.6. The standard InChI is InChI=1S/C26H23N5O5/c1-29-8-10-30(11-9-29)26-27-12-16(13-28-26)31-14-15-4-2-3-5-19(15)36-25-22(31)23(34)20-17(32)6-7-18(33)21(20)24(25)35/h2-7,12-13,32-33H,8-11,14H2,1H3. The molecule has 2 aromatic carbocycles. The number of anilines is 2. The molecule has 1 saturated heterocycles. The van der Waals surface area contributed by atoms with Crippen LogP contribution in [0.25, 0.3) is 0 Å². The highest BCUT2D eigenvalue weighted by molar-refractivity contribution is 6.29. The molecule has 1 aromatic heterocycles. The lowest BCUT2D eigenvalue weighted by molar-refractivity contribution is 0.0931. The zero-order valence-electron chi connectivity index (χ0n) is 19.5. The maximum Gasteiger partial charge on any atom is 0.235 e. The Balaban J connectivity index is 1.46. The van der Waals surface area contributed by atoms with Crippen molar-refractivity contribution in [2.24, 2.45) is 0 Å². The third kappa shape index (κ3) is 3.45. The van der Waals surface area contributed by atoms with Crippen molar-refractivity contribution in [3.8, 4) is 17.2 Å². The minimum absolute atomic E-state index is 0.0412. The molecule has 1 aliphatic carbocycles. The Morgan fingerprint density at radius 1 is 0.861 bits per heavy atom. The first kappa shape index (κ1) is 22.1. The predicted molar refractivity (Wildman–Crippen MR) is 130 cm³/mol. The highest BCUT2D eigenvalue weighted by Crippen LogP contribution is 2.42. The van der Waals surface area contributed by atoms with E-state index in [1.807, 2.05) is 12.1 Å². The Kier molecular flexibility index (Phi) is 5.11. The molecular weight excluding hydrogens is 462 g/mol. The molecule has 6 rings (SSSR count). The second-order valence-electron chi connectivity index (χ2n) is 9.02. The number of likely N-dealkylation sites (N-methyl/N-ethyl adjacent to an activating group) is 1. The SMILES string of the molecule is CN1CCN(c2ncc(N3Cc4ccccc4OC4=C3C(=O)c3c(O)ccc(O)c3C4=O)cn2)CC1. The highest BCUT2D eigenvalue weighted by Gasteiger charge is 2.42. The van der Waals surface area contributed by atoms with Crippen molar-refractivity contribution >= 4 is 23.2 Å². The van der Waals surface area contributed by atoms with Crippen molar-refractivity contribution in [3.63, 3.8) is 0 Å². The van der Waals surface area contributed by atoms with Gasteiger partial charge in [0, 0.05) is 31.7 Å². The van der Waals surface area contributed by atoms with E-state index in [0.29, 0.717) is 17.4 Å². The molecule has 182 valence electrons. The van der Waals surface area contributed by atoms with E-state index in [-0.39, 0.29) is 29.1 Å². The van der Waals surface area contributed by atoms with E-state index in [4.69, 9.17) is 4.74 Å². The number of hydrogen-bond acceptors (Lipinski definition) is 10. The molecule has 3 heterocycles. The molecule has 2 N–H and O–H groups in total. The van der Waals surface area contributed by atoms with Gasteiger partial charge in [-0.25, -0.2) is 9.97 Å². The van der Waals surface area contributed by atoms with Crippen LogP contribution in [-0.4, -0.2) is 69.9 Å². The Hall–Kier alpha value is -4.44. The number of piperazine rings is 1. The summed E-state index contributed by atoms with van der Waals surface area (Å²) >= 11 is 0. The molecule has 3 aromatic rings. The van der Waals surface area contributed by atoms with Crippen molar-refractivity contribution in [1.29, 1.82) is 0 Å². The number of hydrogen-bond donors (Lipinski definition) is 2. The average molecular weight is 486 g/mol. The van der Waals surface area contributed by atoms with Gasteiger partial charge in [-0.2, -0.15) is 0 Å². The lowest BCUT2D eigenvalue weighted by atomic mass is 9.89. The maximum atomic E-state index is 13.7. The Morgan fingerprint density at radius 2 is 1.50 bits per heavy atom. The normalized spacial score (nSPS) is 17.8. The van der Waals surface area contributed by atoms with Gasteiger partial charge in [-0.1, -0.05) is 18.2 Å². The van der Waals surface area contributed by atoms with Gasteiger partial charge in [0.15, 0.2) is 0 Å². The molecule has 0 spiro atoms. The minimum Gasteiger partial charge on any atom is -0.507 e. The highest BCUT2D eigenvalue weighted by atomic mass is 16.5. The molecule has 0 atom stereocenters. The van der Waals surface area contributed by atoms with Crippen molar-refractivity contribution < 1.29 is 24.5 Å². The van der Waals surface area contributed by atoms with E-state index < -0.39 is 23.1 Å². The zero-order valence-corrected chi connectivity index (χ0v) is 19.5. The molecule has 10 nitrogen and oxygen atoms in total. The lowest BCUT2D eigenvalue weighted by Crippen LogP contribution is -2.45. The number of allylic oxidation sites excluding steroid dienone is 2. The number of aromatic hydroxyl groups is 2. The number of rotatable bonds is 2. The maximum absolute atomic E-state index is 13.7. The minimum atomic E-state index is -0.690. The molecule has 0 bridgehead atoms. The number of ether oxygens (including phenoxy) is 1. The molecule has 36 heavy (non-hydrogen) atoms. The average Bonchev–Trinajstić information content (AvgIpc) is 3.07. The molecule has 10 heteroatoms. The fourth-order valence-corrected chi connectivity index (χ4v) is 4.76. The van der Waals surface area contributed by atoms with E-state index in [1.54, 1.807) is 29.4 Å². The number of ketones is 2. The molecule has 2 aliphatic heterocycles. The molecule has 0 radical (unpaired) electrons. The summed E-state index contributed by atoms with van der Waals surface area (Å²) in [5, 5.41) is 20.8. The van der Waals surface area contributed by atoms with Crippen LogP contribution in [0.2, 0.25) is 0 Å². The quantitative estimate of drug-likeness (QED) is 0.524. The summed E-state index contributed by atoms with van der Waals surface area (Å²) in [6.07, 6.45) is 3.24. The Bertz CT molecular complexity index is 1430. The van der Waals surface area contributed by atoms with Crippen LogP contribution in [0.3, 0.4) is 0 Å². The van der Waals surface area contributed by atoms with Crippen LogP contribution < -0.4 is 14.5 Å². The lowest BCUT2D eigenvalue weighted by Gasteiger charge is -2.33. The van der Waals surface area contributed by atoms with E-state index >= 15 is 0 Å². The van der Waals surface area contributed by atoms with Gasteiger partial charge in [-0.05, 0) is 25.2 Å². The van der Waals surface area contributed by atoms with Gasteiger partial charge in [-0.15, -0.1) is 0 Å². The number of carbonyl (C=O) groups excluding carboxylic acids is 2. The molecule has 3 aliphatic rings. The summed E-state index contributed by atoms with van der Waals surface area (Å²) in [7, 11) is 2.07. The van der Waals surface area contributed by atoms with Crippen LogP contribution in [0.5, 0.6) is 17.2 Å². The summed E-state index contributed by atoms with van der Waals surface area (Å²) in [5.74, 6) is -1.33. The van der Waals surface area contributed by atoms with E-state index in [0.717, 1.165) is 31.7 Å². The molecule has 1 fully saturated rings. The monoisotopic (exact) mass is 485 g/mol. The Morgan fingerprint density at radius 3 is 2.19 bits per heavy atom. The van der Waals surface area contributed by atoms with E-state index in [1.165, 1.54) is 12.1 Å². The van der Waals surface area contributed by atoms with Crippen molar-refractivity contribution in [2.45, 2.75) is 6.54 Å². The smallest absolute Gasteiger partial charge is 0.235 e. The number of phenolic OH excluding ortho intramolecular Hbond substituents is 2. The van der Waals surface area contributed by atoms with Crippen LogP contribution in [-0.2, 0) is 6.54 Å². The van der Waals surface area contributed by atoms with Gasteiger partial charge in [0.1, 0.15) is 22.9 Å². The van der Waals surface area contributed by atoms with Crippen LogP contribution in [0.15, 0.2) is 60.2 Å². The fraction of sp³-hybridized carbons (Fsp3) is 0.231. The van der Waals surface area contributed by atoms with Gasteiger partial charge < -0.3 is 29.6 Å². The summed E-state index contributed by atoms with van der Waals surface area (Å²) in [4.78, 5) is 42.3. The van der Waals surface area contributed by atoms with Crippen molar-refractivity contribution in [1.82, 2.24) is 14.9 Å². The summed E-state index contributed by atoms with van der Waals surface area (Å²) in [6, 6.07) is 9.54. The zero-order chi connectivity index (χ0) is 25.0. The number of fused-ring (bicyclic) bond motifs is 2. The number of para-hydroxylation sites is 1. The molecule has 0 saturated carbocycles. The third-order valence-corrected chi connectivity index (χ3v) is 6.76. The second-order valence-corrected chi connectivity index (χ2v) is 9.02. The van der Waals surface area contributed by atoms with Gasteiger partial charge in [0.25, 0.3) is 0 Å². The van der Waals surface area contributed by atoms with Crippen molar-refractivity contribution in [3.05, 3.63) is 76.9 Å². The van der Waals surface area contributed by atoms with Crippen LogP contribution in [0.4, 0.5) is 11.6 Å². The van der Waals surface area contributed by atoms with Crippen LogP contribution in [0.1, 0.15) is 26.3 Å². The first-order valence-corrected chi connectivity index (χ1v) is 11.6. The number of carbonyl (C=O) groups is 2. The van der Waals surface area contributed by atoms with Crippen LogP contribution in [0, 0.1) is 0 Å². The molecular formula is C26H23N5O5. The number of Topliss-reactive ketones (excluding diaryl/α,β-unsaturated/α-hetero) is 2. The van der Waals surface area contributed by atoms with E-state index in [2.05, 4.69) is 26.8 Å². The fourth-order valence-electron chi connectivity index (χ4n) is 4.76. The molecule has 0 unspecified atom stereocenters. The second kappa shape index (κ2) is 8.35. The third-order valence-electron chi connectivity index (χ3n) is 6.76.